The van der Waals surface area contributed by atoms with Gasteiger partial charge in [-0.1, -0.05) is 32.1 Å². The van der Waals surface area contributed by atoms with Gasteiger partial charge >= 0.3 is 0 Å². The zero-order valence-corrected chi connectivity index (χ0v) is 16.6. The second kappa shape index (κ2) is 9.78. The summed E-state index contributed by atoms with van der Waals surface area (Å²) in [5.41, 5.74) is -0.356. The lowest BCUT2D eigenvalue weighted by molar-refractivity contribution is -0.138. The third-order valence-corrected chi connectivity index (χ3v) is 5.63. The van der Waals surface area contributed by atoms with E-state index in [1.165, 1.54) is 19.3 Å². The third kappa shape index (κ3) is 5.61. The summed E-state index contributed by atoms with van der Waals surface area (Å²) in [6, 6.07) is 0.312. The lowest BCUT2D eigenvalue weighted by atomic mass is 9.84. The van der Waals surface area contributed by atoms with Crippen LogP contribution in [0.4, 0.5) is 0 Å². The number of carbonyl (C=O) groups is 2. The molecule has 2 aliphatic rings. The first-order chi connectivity index (χ1) is 12.5. The van der Waals surface area contributed by atoms with Crippen LogP contribution in [0.2, 0.25) is 0 Å². The van der Waals surface area contributed by atoms with Gasteiger partial charge in [0.2, 0.25) is 11.8 Å². The summed E-state index contributed by atoms with van der Waals surface area (Å²) in [6.07, 6.45) is 9.78. The number of aliphatic imine (C=N–C) groups is 1. The fraction of sp³-hybridized carbons (Fsp3) is 0.842. The van der Waals surface area contributed by atoms with Crippen LogP contribution >= 0.6 is 0 Å². The summed E-state index contributed by atoms with van der Waals surface area (Å²) in [5.74, 6) is 0.745. The Labute approximate surface area is 157 Å². The van der Waals surface area contributed by atoms with Crippen molar-refractivity contribution >= 4 is 17.8 Å². The van der Waals surface area contributed by atoms with Gasteiger partial charge in [-0.25, -0.2) is 0 Å². The molecule has 26 heavy (non-hydrogen) atoms. The lowest BCUT2D eigenvalue weighted by Crippen LogP contribution is -2.51. The summed E-state index contributed by atoms with van der Waals surface area (Å²) < 4.78 is 0. The Hall–Kier alpha value is -1.79. The molecular formula is C19H35N5O2. The highest BCUT2D eigenvalue weighted by molar-refractivity contribution is 5.87. The molecule has 0 aromatic heterocycles. The van der Waals surface area contributed by atoms with Crippen LogP contribution in [0.3, 0.4) is 0 Å². The van der Waals surface area contributed by atoms with Crippen LogP contribution in [-0.2, 0) is 9.59 Å². The van der Waals surface area contributed by atoms with Crippen LogP contribution < -0.4 is 16.0 Å². The van der Waals surface area contributed by atoms with Crippen molar-refractivity contribution in [3.05, 3.63) is 0 Å². The maximum atomic E-state index is 12.6. The van der Waals surface area contributed by atoms with Crippen molar-refractivity contribution in [1.29, 1.82) is 0 Å². The molecule has 2 rings (SSSR count). The second-order valence-electron chi connectivity index (χ2n) is 7.87. The Bertz CT molecular complexity index is 506. The molecule has 2 saturated carbocycles. The van der Waals surface area contributed by atoms with Gasteiger partial charge < -0.3 is 20.9 Å². The number of nitrogens with one attached hydrogen (secondary N) is 3. The molecule has 0 aromatic carbocycles. The van der Waals surface area contributed by atoms with E-state index >= 15 is 0 Å². The van der Waals surface area contributed by atoms with E-state index in [0.29, 0.717) is 18.5 Å². The zero-order chi connectivity index (χ0) is 19.0. The third-order valence-electron chi connectivity index (χ3n) is 5.63. The van der Waals surface area contributed by atoms with Crippen LogP contribution in [0.25, 0.3) is 0 Å². The summed E-state index contributed by atoms with van der Waals surface area (Å²) in [7, 11) is 5.31. The Morgan fingerprint density at radius 1 is 1.04 bits per heavy atom. The molecule has 2 amide bonds. The molecule has 0 aliphatic heterocycles. The first-order valence-corrected chi connectivity index (χ1v) is 9.92. The quantitative estimate of drug-likeness (QED) is 0.488. The van der Waals surface area contributed by atoms with Gasteiger partial charge in [0.1, 0.15) is 0 Å². The molecule has 0 saturated heterocycles. The predicted octanol–water partition coefficient (Wildman–Crippen LogP) is 1.25. The van der Waals surface area contributed by atoms with Crippen molar-refractivity contribution in [2.75, 3.05) is 34.2 Å². The normalized spacial score (nSPS) is 20.5. The first-order valence-electron chi connectivity index (χ1n) is 9.92. The standard InChI is InChI=1S/C19H35N5O2/c1-20-18(21-13-16(25)23-15-9-5-4-6-10-15)22-14-19(11-7-8-12-19)17(26)24(2)3/h15H,4-14H2,1-3H3,(H,23,25)(H2,20,21,22). The highest BCUT2D eigenvalue weighted by atomic mass is 16.2. The monoisotopic (exact) mass is 365 g/mol. The molecule has 0 bridgehead atoms. The maximum Gasteiger partial charge on any atom is 0.239 e. The van der Waals surface area contributed by atoms with Crippen LogP contribution in [0.15, 0.2) is 4.99 Å². The molecule has 0 radical (unpaired) electrons. The van der Waals surface area contributed by atoms with Gasteiger partial charge in [0, 0.05) is 33.7 Å². The molecule has 3 N–H and O–H groups in total. The topological polar surface area (TPSA) is 85.8 Å². The molecule has 2 fully saturated rings. The van der Waals surface area contributed by atoms with E-state index < -0.39 is 0 Å². The lowest BCUT2D eigenvalue weighted by Gasteiger charge is -2.31. The van der Waals surface area contributed by atoms with Crippen molar-refractivity contribution in [3.63, 3.8) is 0 Å². The van der Waals surface area contributed by atoms with E-state index in [0.717, 1.165) is 38.5 Å². The minimum absolute atomic E-state index is 0.000187. The van der Waals surface area contributed by atoms with E-state index in [4.69, 9.17) is 0 Å². The van der Waals surface area contributed by atoms with E-state index in [1.807, 2.05) is 14.1 Å². The Morgan fingerprint density at radius 2 is 1.69 bits per heavy atom. The van der Waals surface area contributed by atoms with Gasteiger partial charge in [-0.15, -0.1) is 0 Å². The molecule has 0 atom stereocenters. The Kier molecular flexibility index (Phi) is 7.72. The molecule has 0 aromatic rings. The number of guanidine groups is 1. The molecule has 7 nitrogen and oxygen atoms in total. The highest BCUT2D eigenvalue weighted by Crippen LogP contribution is 2.38. The van der Waals surface area contributed by atoms with Gasteiger partial charge in [-0.05, 0) is 25.7 Å². The van der Waals surface area contributed by atoms with E-state index in [-0.39, 0.29) is 23.8 Å². The van der Waals surface area contributed by atoms with Crippen LogP contribution in [0, 0.1) is 5.41 Å². The molecule has 148 valence electrons. The summed E-state index contributed by atoms with van der Waals surface area (Å²) >= 11 is 0. The van der Waals surface area contributed by atoms with Crippen molar-refractivity contribution < 1.29 is 9.59 Å². The smallest absolute Gasteiger partial charge is 0.239 e. The minimum atomic E-state index is -0.356. The summed E-state index contributed by atoms with van der Waals surface area (Å²) in [5, 5.41) is 9.42. The van der Waals surface area contributed by atoms with E-state index in [2.05, 4.69) is 20.9 Å². The average Bonchev–Trinajstić information content (AvgIpc) is 3.12. The number of amides is 2. The average molecular weight is 366 g/mol. The number of carbonyl (C=O) groups excluding carboxylic acids is 2. The van der Waals surface area contributed by atoms with Gasteiger partial charge in [0.05, 0.1) is 12.0 Å². The molecule has 0 spiro atoms. The molecule has 2 aliphatic carbocycles. The Morgan fingerprint density at radius 3 is 2.27 bits per heavy atom. The Balaban J connectivity index is 1.79. The first kappa shape index (κ1) is 20.5. The molecular weight excluding hydrogens is 330 g/mol. The van der Waals surface area contributed by atoms with Crippen molar-refractivity contribution in [2.45, 2.75) is 63.8 Å². The predicted molar refractivity (Wildman–Crippen MR) is 104 cm³/mol. The maximum absolute atomic E-state index is 12.6. The number of rotatable bonds is 6. The number of hydrogen-bond donors (Lipinski definition) is 3. The van der Waals surface area contributed by atoms with Gasteiger partial charge in [-0.2, -0.15) is 0 Å². The summed E-state index contributed by atoms with van der Waals surface area (Å²) in [4.78, 5) is 30.6. The van der Waals surface area contributed by atoms with Crippen molar-refractivity contribution in [2.24, 2.45) is 10.4 Å². The molecule has 0 unspecified atom stereocenters. The highest BCUT2D eigenvalue weighted by Gasteiger charge is 2.42. The summed E-state index contributed by atoms with van der Waals surface area (Å²) in [6.45, 7) is 0.749. The fourth-order valence-corrected chi connectivity index (χ4v) is 4.16. The second-order valence-corrected chi connectivity index (χ2v) is 7.87. The SMILES string of the molecule is CN=C(NCC(=O)NC1CCCCC1)NCC1(C(=O)N(C)C)CCCC1. The van der Waals surface area contributed by atoms with Crippen molar-refractivity contribution in [3.8, 4) is 0 Å². The minimum Gasteiger partial charge on any atom is -0.355 e. The van der Waals surface area contributed by atoms with Crippen LogP contribution in [0.1, 0.15) is 57.8 Å². The van der Waals surface area contributed by atoms with Gasteiger partial charge in [-0.3, -0.25) is 14.6 Å². The number of nitrogens with zero attached hydrogens (tertiary/aromatic N) is 2. The van der Waals surface area contributed by atoms with Gasteiger partial charge in [0.25, 0.3) is 0 Å². The van der Waals surface area contributed by atoms with E-state index in [1.54, 1.807) is 11.9 Å². The molecule has 0 heterocycles. The van der Waals surface area contributed by atoms with Crippen LogP contribution in [0.5, 0.6) is 0 Å². The van der Waals surface area contributed by atoms with Crippen LogP contribution in [-0.4, -0.2) is 62.9 Å². The largest absolute Gasteiger partial charge is 0.355 e. The van der Waals surface area contributed by atoms with E-state index in [9.17, 15) is 9.59 Å². The fourth-order valence-electron chi connectivity index (χ4n) is 4.16. The zero-order valence-electron chi connectivity index (χ0n) is 16.6. The molecule has 7 heteroatoms. The van der Waals surface area contributed by atoms with Gasteiger partial charge in [0.15, 0.2) is 5.96 Å². The van der Waals surface area contributed by atoms with Crippen molar-refractivity contribution in [1.82, 2.24) is 20.9 Å². The number of hydrogen-bond acceptors (Lipinski definition) is 3.